The number of amides is 2. The molecule has 142 valence electrons. The van der Waals surface area contributed by atoms with Gasteiger partial charge in [0.25, 0.3) is 0 Å². The van der Waals surface area contributed by atoms with Crippen molar-refractivity contribution in [2.24, 2.45) is 0 Å². The molecule has 4 rings (SSSR count). The third kappa shape index (κ3) is 3.89. The summed E-state index contributed by atoms with van der Waals surface area (Å²) < 4.78 is 12.5. The first-order valence-electron chi connectivity index (χ1n) is 9.14. The summed E-state index contributed by atoms with van der Waals surface area (Å²) in [4.78, 5) is 26.5. The summed E-state index contributed by atoms with van der Waals surface area (Å²) >= 11 is 0. The van der Waals surface area contributed by atoms with Crippen molar-refractivity contribution in [3.8, 4) is 11.5 Å². The lowest BCUT2D eigenvalue weighted by Crippen LogP contribution is -2.44. The molecule has 0 radical (unpaired) electrons. The molecule has 1 unspecified atom stereocenters. The topological polar surface area (TPSA) is 85.7 Å². The van der Waals surface area contributed by atoms with E-state index in [2.05, 4.69) is 10.4 Å². The van der Waals surface area contributed by atoms with Gasteiger partial charge in [-0.05, 0) is 36.6 Å². The summed E-state index contributed by atoms with van der Waals surface area (Å²) in [5.41, 5.74) is 0.922. The molecule has 27 heavy (non-hydrogen) atoms. The zero-order chi connectivity index (χ0) is 18.6. The van der Waals surface area contributed by atoms with E-state index in [4.69, 9.17) is 9.47 Å². The van der Waals surface area contributed by atoms with Crippen molar-refractivity contribution in [2.45, 2.75) is 38.4 Å². The van der Waals surface area contributed by atoms with Crippen LogP contribution < -0.4 is 14.8 Å². The number of carbonyl (C=O) groups is 2. The molecule has 0 saturated carbocycles. The summed E-state index contributed by atoms with van der Waals surface area (Å²) in [6, 6.07) is 7.05. The van der Waals surface area contributed by atoms with Crippen LogP contribution in [0.1, 0.15) is 24.8 Å². The molecule has 1 aromatic heterocycles. The van der Waals surface area contributed by atoms with E-state index >= 15 is 0 Å². The highest BCUT2D eigenvalue weighted by atomic mass is 16.7. The highest BCUT2D eigenvalue weighted by molar-refractivity contribution is 5.90. The molecule has 3 heterocycles. The summed E-state index contributed by atoms with van der Waals surface area (Å²) in [6.07, 6.45) is 5.36. The van der Waals surface area contributed by atoms with Crippen molar-refractivity contribution in [1.29, 1.82) is 0 Å². The molecule has 1 aromatic carbocycles. The molecule has 1 saturated heterocycles. The Bertz CT molecular complexity index is 821. The number of carbonyl (C=O) groups excluding carboxylic acids is 2. The maximum absolute atomic E-state index is 12.6. The molecule has 2 amide bonds. The van der Waals surface area contributed by atoms with Crippen LogP contribution in [0, 0.1) is 0 Å². The minimum absolute atomic E-state index is 0.00404. The van der Waals surface area contributed by atoms with Crippen LogP contribution in [0.3, 0.4) is 0 Å². The molecular weight excluding hydrogens is 348 g/mol. The van der Waals surface area contributed by atoms with Gasteiger partial charge in [-0.25, -0.2) is 0 Å². The molecule has 2 aromatic rings. The fraction of sp³-hybridized carbons (Fsp3) is 0.421. The number of ether oxygens (including phenoxy) is 2. The predicted molar refractivity (Wildman–Crippen MR) is 96.0 cm³/mol. The zero-order valence-corrected chi connectivity index (χ0v) is 15.0. The number of aromatic nitrogens is 2. The summed E-state index contributed by atoms with van der Waals surface area (Å²) in [6.45, 7) is 1.91. The summed E-state index contributed by atoms with van der Waals surface area (Å²) in [7, 11) is 0. The van der Waals surface area contributed by atoms with Crippen LogP contribution >= 0.6 is 0 Å². The number of likely N-dealkylation sites (tertiary alicyclic amines) is 1. The van der Waals surface area contributed by atoms with E-state index in [0.717, 1.165) is 18.5 Å². The van der Waals surface area contributed by atoms with Crippen molar-refractivity contribution in [3.05, 3.63) is 42.2 Å². The van der Waals surface area contributed by atoms with E-state index in [1.807, 2.05) is 35.1 Å². The van der Waals surface area contributed by atoms with Crippen LogP contribution in [0.2, 0.25) is 0 Å². The molecule has 1 N–H and O–H groups in total. The lowest BCUT2D eigenvalue weighted by Gasteiger charge is -2.24. The van der Waals surface area contributed by atoms with Crippen molar-refractivity contribution >= 4 is 11.8 Å². The third-order valence-corrected chi connectivity index (χ3v) is 4.84. The molecule has 8 heteroatoms. The van der Waals surface area contributed by atoms with Gasteiger partial charge in [-0.15, -0.1) is 0 Å². The number of rotatable bonds is 7. The van der Waals surface area contributed by atoms with Crippen molar-refractivity contribution in [1.82, 2.24) is 20.0 Å². The summed E-state index contributed by atoms with van der Waals surface area (Å²) in [5.74, 6) is 1.29. The Hall–Kier alpha value is -3.03. The Morgan fingerprint density at radius 2 is 2.19 bits per heavy atom. The Balaban J connectivity index is 1.32. The van der Waals surface area contributed by atoms with Crippen LogP contribution in [0.4, 0.5) is 0 Å². The lowest BCUT2D eigenvalue weighted by atomic mass is 10.1. The fourth-order valence-corrected chi connectivity index (χ4v) is 3.44. The van der Waals surface area contributed by atoms with Gasteiger partial charge < -0.3 is 19.7 Å². The van der Waals surface area contributed by atoms with Gasteiger partial charge >= 0.3 is 0 Å². The van der Waals surface area contributed by atoms with Gasteiger partial charge in [-0.3, -0.25) is 14.3 Å². The average Bonchev–Trinajstić information content (AvgIpc) is 3.41. The molecule has 8 nitrogen and oxygen atoms in total. The molecule has 1 atom stereocenters. The Labute approximate surface area is 157 Å². The zero-order valence-electron chi connectivity index (χ0n) is 15.0. The number of hydrogen-bond donors (Lipinski definition) is 1. The van der Waals surface area contributed by atoms with E-state index in [1.54, 1.807) is 11.1 Å². The van der Waals surface area contributed by atoms with Gasteiger partial charge in [0.1, 0.15) is 6.04 Å². The van der Waals surface area contributed by atoms with Crippen LogP contribution in [0.25, 0.3) is 0 Å². The smallest absolute Gasteiger partial charge is 0.242 e. The third-order valence-electron chi connectivity index (χ3n) is 4.84. The molecule has 1 fully saturated rings. The van der Waals surface area contributed by atoms with E-state index in [9.17, 15) is 9.59 Å². The van der Waals surface area contributed by atoms with Crippen LogP contribution in [0.5, 0.6) is 11.5 Å². The van der Waals surface area contributed by atoms with E-state index in [-0.39, 0.29) is 18.6 Å². The highest BCUT2D eigenvalue weighted by Crippen LogP contribution is 2.33. The monoisotopic (exact) mass is 370 g/mol. The minimum Gasteiger partial charge on any atom is -0.454 e. The number of nitrogens with one attached hydrogen (secondary N) is 1. The van der Waals surface area contributed by atoms with E-state index < -0.39 is 6.04 Å². The first kappa shape index (κ1) is 17.4. The molecule has 0 aliphatic carbocycles. The Morgan fingerprint density at radius 3 is 3.04 bits per heavy atom. The quantitative estimate of drug-likeness (QED) is 0.743. The van der Waals surface area contributed by atoms with Crippen LogP contribution in [0.15, 0.2) is 36.7 Å². The Kier molecular flexibility index (Phi) is 4.95. The number of nitrogens with zero attached hydrogens (tertiary/aromatic N) is 3. The second kappa shape index (κ2) is 7.69. The fourth-order valence-electron chi connectivity index (χ4n) is 3.44. The van der Waals surface area contributed by atoms with Gasteiger partial charge in [0.15, 0.2) is 11.5 Å². The van der Waals surface area contributed by atoms with Gasteiger partial charge in [-0.2, -0.15) is 5.10 Å². The first-order chi connectivity index (χ1) is 13.2. The second-order valence-electron chi connectivity index (χ2n) is 6.68. The molecule has 2 aliphatic rings. The SMILES string of the molecule is O=C(NCCCn1cccn1)C1CCC(=O)N1Cc1ccc2c(c1)OCO2. The normalized spacial score (nSPS) is 18.1. The lowest BCUT2D eigenvalue weighted by molar-refractivity contribution is -0.135. The van der Waals surface area contributed by atoms with E-state index in [1.165, 1.54) is 0 Å². The van der Waals surface area contributed by atoms with Crippen molar-refractivity contribution < 1.29 is 19.1 Å². The van der Waals surface area contributed by atoms with Crippen LogP contribution in [-0.2, 0) is 22.7 Å². The highest BCUT2D eigenvalue weighted by Gasteiger charge is 2.35. The van der Waals surface area contributed by atoms with Gasteiger partial charge in [-0.1, -0.05) is 6.07 Å². The largest absolute Gasteiger partial charge is 0.454 e. The van der Waals surface area contributed by atoms with Gasteiger partial charge in [0.05, 0.1) is 0 Å². The van der Waals surface area contributed by atoms with E-state index in [0.29, 0.717) is 37.4 Å². The molecular formula is C19H22N4O4. The number of benzene rings is 1. The molecule has 0 bridgehead atoms. The van der Waals surface area contributed by atoms with Gasteiger partial charge in [0.2, 0.25) is 18.6 Å². The summed E-state index contributed by atoms with van der Waals surface area (Å²) in [5, 5.41) is 7.08. The Morgan fingerprint density at radius 1 is 1.30 bits per heavy atom. The first-order valence-corrected chi connectivity index (χ1v) is 9.14. The number of hydrogen-bond acceptors (Lipinski definition) is 5. The molecule has 2 aliphatic heterocycles. The van der Waals surface area contributed by atoms with Crippen molar-refractivity contribution in [2.75, 3.05) is 13.3 Å². The predicted octanol–water partition coefficient (Wildman–Crippen LogP) is 1.31. The maximum Gasteiger partial charge on any atom is 0.242 e. The van der Waals surface area contributed by atoms with Crippen molar-refractivity contribution in [3.63, 3.8) is 0 Å². The number of fused-ring (bicyclic) bond motifs is 1. The van der Waals surface area contributed by atoms with Gasteiger partial charge in [0, 0.05) is 38.4 Å². The van der Waals surface area contributed by atoms with Crippen LogP contribution in [-0.4, -0.2) is 45.9 Å². The average molecular weight is 370 g/mol. The minimum atomic E-state index is -0.423. The molecule has 0 spiro atoms. The number of aryl methyl sites for hydroxylation is 1. The maximum atomic E-state index is 12.6. The standard InChI is InChI=1S/C19H22N4O4/c24-18-6-4-15(19(25)20-7-1-9-22-10-2-8-21-22)23(18)12-14-3-5-16-17(11-14)27-13-26-16/h2-3,5,8,10-11,15H,1,4,6-7,9,12-13H2,(H,20,25). The second-order valence-corrected chi connectivity index (χ2v) is 6.68.